The van der Waals surface area contributed by atoms with E-state index in [4.69, 9.17) is 0 Å². The number of aryl methyl sites for hydroxylation is 2. The fraction of sp³-hybridized carbons (Fsp3) is 0.444. The van der Waals surface area contributed by atoms with E-state index in [1.165, 1.54) is 49.7 Å². The molecule has 0 spiro atoms. The summed E-state index contributed by atoms with van der Waals surface area (Å²) < 4.78 is 0. The topological polar surface area (TPSA) is 38.7 Å². The molecule has 3 heteroatoms. The fourth-order valence-corrected chi connectivity index (χ4v) is 3.64. The summed E-state index contributed by atoms with van der Waals surface area (Å²) in [5, 5.41) is 0. The smallest absolute Gasteiger partial charge is 0.178 e. The third-order valence-electron chi connectivity index (χ3n) is 5.56. The van der Waals surface area contributed by atoms with E-state index in [2.05, 4.69) is 66.1 Å². The highest BCUT2D eigenvalue weighted by atomic mass is 14.9. The zero-order valence-electron chi connectivity index (χ0n) is 18.8. The van der Waals surface area contributed by atoms with Gasteiger partial charge in [-0.25, -0.2) is 9.97 Å². The summed E-state index contributed by atoms with van der Waals surface area (Å²) in [7, 11) is 0. The molecule has 1 aromatic carbocycles. The molecule has 0 amide bonds. The molecule has 0 N–H and O–H groups in total. The Balaban J connectivity index is 1.57. The predicted octanol–water partition coefficient (Wildman–Crippen LogP) is 7.31. The molecule has 0 unspecified atom stereocenters. The Morgan fingerprint density at radius 3 is 1.97 bits per heavy atom. The number of hydrogen-bond acceptors (Lipinski definition) is 3. The standard InChI is InChI=1S/C27H35N3/c1-4-5-6-10-22-12-15-24(16-13-22)25-19-29-27(30-20-25)26-17-14-23(18-28-26)11-8-7-9-21(2)3/h12-21H,4-11H2,1-3H3. The lowest BCUT2D eigenvalue weighted by Gasteiger charge is -2.06. The summed E-state index contributed by atoms with van der Waals surface area (Å²) in [6, 6.07) is 13.0. The zero-order chi connectivity index (χ0) is 21.2. The molecule has 0 radical (unpaired) electrons. The van der Waals surface area contributed by atoms with Crippen LogP contribution >= 0.6 is 0 Å². The van der Waals surface area contributed by atoms with Gasteiger partial charge >= 0.3 is 0 Å². The first-order valence-corrected chi connectivity index (χ1v) is 11.5. The van der Waals surface area contributed by atoms with Crippen molar-refractivity contribution in [2.45, 2.75) is 72.1 Å². The van der Waals surface area contributed by atoms with Crippen LogP contribution in [0.15, 0.2) is 55.0 Å². The van der Waals surface area contributed by atoms with E-state index < -0.39 is 0 Å². The molecular formula is C27H35N3. The van der Waals surface area contributed by atoms with Crippen LogP contribution in [0, 0.1) is 5.92 Å². The molecule has 2 aromatic heterocycles. The van der Waals surface area contributed by atoms with Gasteiger partial charge in [0.25, 0.3) is 0 Å². The van der Waals surface area contributed by atoms with Crippen molar-refractivity contribution in [1.29, 1.82) is 0 Å². The minimum Gasteiger partial charge on any atom is -0.253 e. The molecule has 158 valence electrons. The first-order chi connectivity index (χ1) is 14.7. The third-order valence-corrected chi connectivity index (χ3v) is 5.56. The van der Waals surface area contributed by atoms with Crippen LogP contribution in [0.2, 0.25) is 0 Å². The molecule has 0 aliphatic heterocycles. The molecular weight excluding hydrogens is 366 g/mol. The van der Waals surface area contributed by atoms with E-state index in [1.807, 2.05) is 24.7 Å². The SMILES string of the molecule is CCCCCc1ccc(-c2cnc(-c3ccc(CCCCC(C)C)cn3)nc2)cc1. The lowest BCUT2D eigenvalue weighted by molar-refractivity contribution is 0.538. The molecule has 0 saturated carbocycles. The van der Waals surface area contributed by atoms with Crippen LogP contribution in [-0.4, -0.2) is 15.0 Å². The quantitative estimate of drug-likeness (QED) is 0.316. The monoisotopic (exact) mass is 401 g/mol. The van der Waals surface area contributed by atoms with Gasteiger partial charge in [-0.2, -0.15) is 0 Å². The van der Waals surface area contributed by atoms with Gasteiger partial charge in [-0.3, -0.25) is 4.98 Å². The first-order valence-electron chi connectivity index (χ1n) is 11.5. The van der Waals surface area contributed by atoms with Gasteiger partial charge in [0.05, 0.1) is 0 Å². The first kappa shape index (κ1) is 22.1. The van der Waals surface area contributed by atoms with E-state index in [-0.39, 0.29) is 0 Å². The van der Waals surface area contributed by atoms with Gasteiger partial charge in [-0.15, -0.1) is 0 Å². The number of unbranched alkanes of at least 4 members (excludes halogenated alkanes) is 3. The third kappa shape index (κ3) is 6.76. The highest BCUT2D eigenvalue weighted by Gasteiger charge is 2.06. The summed E-state index contributed by atoms with van der Waals surface area (Å²) in [5.74, 6) is 1.47. The average Bonchev–Trinajstić information content (AvgIpc) is 2.78. The lowest BCUT2D eigenvalue weighted by atomic mass is 10.0. The maximum absolute atomic E-state index is 4.59. The van der Waals surface area contributed by atoms with E-state index in [0.717, 1.165) is 35.6 Å². The van der Waals surface area contributed by atoms with Crippen LogP contribution in [0.1, 0.15) is 70.4 Å². The zero-order valence-corrected chi connectivity index (χ0v) is 18.8. The van der Waals surface area contributed by atoms with Crippen LogP contribution in [0.4, 0.5) is 0 Å². The van der Waals surface area contributed by atoms with Gasteiger partial charge in [-0.1, -0.05) is 76.8 Å². The van der Waals surface area contributed by atoms with Crippen molar-refractivity contribution >= 4 is 0 Å². The second-order valence-corrected chi connectivity index (χ2v) is 8.64. The molecule has 3 nitrogen and oxygen atoms in total. The number of rotatable bonds is 11. The van der Waals surface area contributed by atoms with Crippen molar-refractivity contribution in [2.75, 3.05) is 0 Å². The molecule has 0 atom stereocenters. The van der Waals surface area contributed by atoms with Gasteiger partial charge in [0.2, 0.25) is 0 Å². The Labute approximate surface area is 182 Å². The van der Waals surface area contributed by atoms with Gasteiger partial charge in [-0.05, 0) is 54.4 Å². The van der Waals surface area contributed by atoms with Crippen LogP contribution in [0.3, 0.4) is 0 Å². The van der Waals surface area contributed by atoms with Crippen LogP contribution in [-0.2, 0) is 12.8 Å². The second-order valence-electron chi connectivity index (χ2n) is 8.64. The molecule has 3 rings (SSSR count). The molecule has 0 fully saturated rings. The lowest BCUT2D eigenvalue weighted by Crippen LogP contribution is -1.95. The van der Waals surface area contributed by atoms with Gasteiger partial charge in [0.1, 0.15) is 5.69 Å². The van der Waals surface area contributed by atoms with E-state index in [9.17, 15) is 0 Å². The maximum Gasteiger partial charge on any atom is 0.178 e. The summed E-state index contributed by atoms with van der Waals surface area (Å²) in [6.45, 7) is 6.81. The molecule has 0 saturated heterocycles. The van der Waals surface area contributed by atoms with Crippen molar-refractivity contribution in [3.8, 4) is 22.6 Å². The average molecular weight is 402 g/mol. The Morgan fingerprint density at radius 1 is 0.667 bits per heavy atom. The van der Waals surface area contributed by atoms with Crippen molar-refractivity contribution < 1.29 is 0 Å². The van der Waals surface area contributed by atoms with Gasteiger partial charge < -0.3 is 0 Å². The molecule has 2 heterocycles. The number of aromatic nitrogens is 3. The highest BCUT2D eigenvalue weighted by molar-refractivity contribution is 5.63. The normalized spacial score (nSPS) is 11.2. The number of nitrogens with zero attached hydrogens (tertiary/aromatic N) is 3. The summed E-state index contributed by atoms with van der Waals surface area (Å²) in [6.07, 6.45) is 15.6. The molecule has 0 aliphatic carbocycles. The van der Waals surface area contributed by atoms with E-state index >= 15 is 0 Å². The van der Waals surface area contributed by atoms with E-state index in [0.29, 0.717) is 5.82 Å². The second kappa shape index (κ2) is 11.6. The van der Waals surface area contributed by atoms with Crippen molar-refractivity contribution in [2.24, 2.45) is 5.92 Å². The van der Waals surface area contributed by atoms with Crippen LogP contribution in [0.25, 0.3) is 22.6 Å². The van der Waals surface area contributed by atoms with Crippen LogP contribution in [0.5, 0.6) is 0 Å². The molecule has 30 heavy (non-hydrogen) atoms. The van der Waals surface area contributed by atoms with Gasteiger partial charge in [0.15, 0.2) is 5.82 Å². The summed E-state index contributed by atoms with van der Waals surface area (Å²) >= 11 is 0. The summed E-state index contributed by atoms with van der Waals surface area (Å²) in [4.78, 5) is 13.7. The fourth-order valence-electron chi connectivity index (χ4n) is 3.64. The molecule has 3 aromatic rings. The van der Waals surface area contributed by atoms with Gasteiger partial charge in [0, 0.05) is 24.2 Å². The number of benzene rings is 1. The van der Waals surface area contributed by atoms with E-state index in [1.54, 1.807) is 0 Å². The summed E-state index contributed by atoms with van der Waals surface area (Å²) in [5.41, 5.74) is 5.72. The largest absolute Gasteiger partial charge is 0.253 e. The van der Waals surface area contributed by atoms with Crippen LogP contribution < -0.4 is 0 Å². The predicted molar refractivity (Wildman–Crippen MR) is 126 cm³/mol. The number of hydrogen-bond donors (Lipinski definition) is 0. The highest BCUT2D eigenvalue weighted by Crippen LogP contribution is 2.21. The Bertz CT molecular complexity index is 865. The Morgan fingerprint density at radius 2 is 1.33 bits per heavy atom. The van der Waals surface area contributed by atoms with Crippen molar-refractivity contribution in [1.82, 2.24) is 15.0 Å². The van der Waals surface area contributed by atoms with Crippen molar-refractivity contribution in [3.05, 3.63) is 66.1 Å². The number of pyridine rings is 1. The molecule has 0 aliphatic rings. The Hall–Kier alpha value is -2.55. The van der Waals surface area contributed by atoms with Crippen molar-refractivity contribution in [3.63, 3.8) is 0 Å². The minimum absolute atomic E-state index is 0.682. The Kier molecular flexibility index (Phi) is 8.55. The maximum atomic E-state index is 4.59. The molecule has 0 bridgehead atoms. The minimum atomic E-state index is 0.682.